The molecule has 23 heavy (non-hydrogen) atoms. The van der Waals surface area contributed by atoms with E-state index in [1.54, 1.807) is 0 Å². The first-order valence-corrected chi connectivity index (χ1v) is 8.33. The topological polar surface area (TPSA) is 58.2 Å². The lowest BCUT2D eigenvalue weighted by Crippen LogP contribution is -2.28. The summed E-state index contributed by atoms with van der Waals surface area (Å²) in [6, 6.07) is 9.61. The van der Waals surface area contributed by atoms with Crippen LogP contribution in [0.5, 0.6) is 5.75 Å². The molecule has 2 heterocycles. The molecule has 1 aliphatic carbocycles. The molecule has 0 unspecified atom stereocenters. The van der Waals surface area contributed by atoms with E-state index in [-0.39, 0.29) is 5.91 Å². The van der Waals surface area contributed by atoms with Crippen molar-refractivity contribution in [1.82, 2.24) is 15.1 Å². The number of benzene rings is 1. The fraction of sp³-hybridized carbons (Fsp3) is 0.444. The molecular formula is C18H21N3O2. The van der Waals surface area contributed by atoms with Crippen LogP contribution in [-0.4, -0.2) is 40.7 Å². The minimum Gasteiger partial charge on any atom is -0.493 e. The highest BCUT2D eigenvalue weighted by atomic mass is 16.5. The second-order valence-electron chi connectivity index (χ2n) is 6.40. The van der Waals surface area contributed by atoms with E-state index in [0.717, 1.165) is 41.9 Å². The SMILES string of the molecule is CCOc1ccccc1-c1cc(C(=O)N2C[C@H]3CC[C@H]3C2)[nH]n1. The maximum atomic E-state index is 12.6. The zero-order valence-corrected chi connectivity index (χ0v) is 13.3. The molecule has 2 aliphatic rings. The van der Waals surface area contributed by atoms with Gasteiger partial charge in [0, 0.05) is 18.7 Å². The Labute approximate surface area is 135 Å². The standard InChI is InChI=1S/C18H21N3O2/c1-2-23-17-6-4-3-5-14(17)15-9-16(20-19-15)18(22)21-10-12-7-8-13(12)11-21/h3-6,9,12-13H,2,7-8,10-11H2,1H3,(H,19,20)/t12-,13+. The summed E-state index contributed by atoms with van der Waals surface area (Å²) in [4.78, 5) is 14.6. The molecular weight excluding hydrogens is 290 g/mol. The van der Waals surface area contributed by atoms with Gasteiger partial charge in [-0.05, 0) is 49.8 Å². The molecule has 0 bridgehead atoms. The second kappa shape index (κ2) is 5.72. The molecule has 4 rings (SSSR count). The molecule has 0 radical (unpaired) electrons. The number of hydrogen-bond donors (Lipinski definition) is 1. The Morgan fingerprint density at radius 2 is 2.04 bits per heavy atom. The Morgan fingerprint density at radius 3 is 2.74 bits per heavy atom. The largest absolute Gasteiger partial charge is 0.493 e. The van der Waals surface area contributed by atoms with Crippen LogP contribution in [0.15, 0.2) is 30.3 Å². The van der Waals surface area contributed by atoms with Crippen molar-refractivity contribution in [3.8, 4) is 17.0 Å². The minimum absolute atomic E-state index is 0.0621. The molecule has 2 fully saturated rings. The summed E-state index contributed by atoms with van der Waals surface area (Å²) in [5.74, 6) is 2.30. The van der Waals surface area contributed by atoms with Crippen LogP contribution in [0, 0.1) is 11.8 Å². The lowest BCUT2D eigenvalue weighted by Gasteiger charge is -2.27. The Kier molecular flexibility index (Phi) is 3.56. The number of nitrogens with zero attached hydrogens (tertiary/aromatic N) is 2. The zero-order chi connectivity index (χ0) is 15.8. The van der Waals surface area contributed by atoms with Gasteiger partial charge in [-0.1, -0.05) is 12.1 Å². The van der Waals surface area contributed by atoms with Gasteiger partial charge in [0.1, 0.15) is 11.4 Å². The molecule has 5 nitrogen and oxygen atoms in total. The molecule has 1 N–H and O–H groups in total. The lowest BCUT2D eigenvalue weighted by atomic mass is 9.77. The van der Waals surface area contributed by atoms with Gasteiger partial charge >= 0.3 is 0 Å². The number of likely N-dealkylation sites (tertiary alicyclic amines) is 1. The van der Waals surface area contributed by atoms with Crippen LogP contribution < -0.4 is 4.74 Å². The maximum absolute atomic E-state index is 12.6. The summed E-state index contributed by atoms with van der Waals surface area (Å²) in [6.45, 7) is 4.35. The van der Waals surface area contributed by atoms with Gasteiger partial charge in [0.25, 0.3) is 5.91 Å². The summed E-state index contributed by atoms with van der Waals surface area (Å²) in [6.07, 6.45) is 2.54. The molecule has 1 aromatic carbocycles. The van der Waals surface area contributed by atoms with Crippen LogP contribution in [0.1, 0.15) is 30.3 Å². The van der Waals surface area contributed by atoms with E-state index in [1.165, 1.54) is 12.8 Å². The fourth-order valence-corrected chi connectivity index (χ4v) is 3.62. The molecule has 1 saturated heterocycles. The van der Waals surface area contributed by atoms with E-state index in [9.17, 15) is 4.79 Å². The summed E-state index contributed by atoms with van der Waals surface area (Å²) in [5.41, 5.74) is 2.22. The zero-order valence-electron chi connectivity index (χ0n) is 13.3. The summed E-state index contributed by atoms with van der Waals surface area (Å²) in [5, 5.41) is 7.23. The molecule has 2 atom stereocenters. The van der Waals surface area contributed by atoms with Crippen molar-refractivity contribution in [2.45, 2.75) is 19.8 Å². The Balaban J connectivity index is 1.56. The van der Waals surface area contributed by atoms with Crippen molar-refractivity contribution in [2.24, 2.45) is 11.8 Å². The summed E-state index contributed by atoms with van der Waals surface area (Å²) < 4.78 is 5.65. The van der Waals surface area contributed by atoms with Gasteiger partial charge in [0.15, 0.2) is 0 Å². The fourth-order valence-electron chi connectivity index (χ4n) is 3.62. The van der Waals surface area contributed by atoms with Gasteiger partial charge in [-0.3, -0.25) is 9.89 Å². The smallest absolute Gasteiger partial charge is 0.271 e. The number of H-pyrrole nitrogens is 1. The highest BCUT2D eigenvalue weighted by molar-refractivity contribution is 5.93. The normalized spacial score (nSPS) is 22.6. The lowest BCUT2D eigenvalue weighted by molar-refractivity contribution is 0.0781. The molecule has 1 saturated carbocycles. The number of ether oxygens (including phenoxy) is 1. The number of nitrogens with one attached hydrogen (secondary N) is 1. The second-order valence-corrected chi connectivity index (χ2v) is 6.40. The average Bonchev–Trinajstić information content (AvgIpc) is 3.14. The van der Waals surface area contributed by atoms with Crippen LogP contribution in [-0.2, 0) is 0 Å². The highest BCUT2D eigenvalue weighted by Crippen LogP contribution is 2.40. The molecule has 120 valence electrons. The van der Waals surface area contributed by atoms with Crippen molar-refractivity contribution in [3.63, 3.8) is 0 Å². The predicted molar refractivity (Wildman–Crippen MR) is 87.3 cm³/mol. The highest BCUT2D eigenvalue weighted by Gasteiger charge is 2.41. The monoisotopic (exact) mass is 311 g/mol. The quantitative estimate of drug-likeness (QED) is 0.944. The van der Waals surface area contributed by atoms with Crippen molar-refractivity contribution in [2.75, 3.05) is 19.7 Å². The van der Waals surface area contributed by atoms with E-state index < -0.39 is 0 Å². The number of amides is 1. The number of para-hydroxylation sites is 1. The van der Waals surface area contributed by atoms with Crippen LogP contribution in [0.3, 0.4) is 0 Å². The van der Waals surface area contributed by atoms with E-state index in [1.807, 2.05) is 42.2 Å². The number of aromatic nitrogens is 2. The van der Waals surface area contributed by atoms with E-state index in [4.69, 9.17) is 4.74 Å². The van der Waals surface area contributed by atoms with Gasteiger partial charge in [-0.2, -0.15) is 5.10 Å². The summed E-state index contributed by atoms with van der Waals surface area (Å²) in [7, 11) is 0. The van der Waals surface area contributed by atoms with E-state index in [0.29, 0.717) is 12.3 Å². The Bertz CT molecular complexity index is 713. The Hall–Kier alpha value is -2.30. The number of hydrogen-bond acceptors (Lipinski definition) is 3. The van der Waals surface area contributed by atoms with E-state index >= 15 is 0 Å². The van der Waals surface area contributed by atoms with E-state index in [2.05, 4.69) is 10.2 Å². The van der Waals surface area contributed by atoms with Crippen LogP contribution in [0.25, 0.3) is 11.3 Å². The molecule has 1 aliphatic heterocycles. The molecule has 5 heteroatoms. The Morgan fingerprint density at radius 1 is 1.30 bits per heavy atom. The van der Waals surface area contributed by atoms with Gasteiger partial charge in [0.05, 0.1) is 12.3 Å². The van der Waals surface area contributed by atoms with Crippen LogP contribution >= 0.6 is 0 Å². The van der Waals surface area contributed by atoms with Gasteiger partial charge in [-0.15, -0.1) is 0 Å². The number of fused-ring (bicyclic) bond motifs is 1. The molecule has 1 amide bonds. The maximum Gasteiger partial charge on any atom is 0.271 e. The first kappa shape index (κ1) is 14.3. The molecule has 0 spiro atoms. The third-order valence-corrected chi connectivity index (χ3v) is 5.04. The first-order valence-electron chi connectivity index (χ1n) is 8.33. The predicted octanol–water partition coefficient (Wildman–Crippen LogP) is 2.96. The van der Waals surface area contributed by atoms with Crippen molar-refractivity contribution < 1.29 is 9.53 Å². The van der Waals surface area contributed by atoms with Crippen molar-refractivity contribution in [3.05, 3.63) is 36.0 Å². The molecule has 1 aromatic heterocycles. The van der Waals surface area contributed by atoms with Gasteiger partial charge < -0.3 is 9.64 Å². The van der Waals surface area contributed by atoms with Crippen molar-refractivity contribution >= 4 is 5.91 Å². The number of carbonyl (C=O) groups excluding carboxylic acids is 1. The minimum atomic E-state index is 0.0621. The average molecular weight is 311 g/mol. The van der Waals surface area contributed by atoms with Crippen LogP contribution in [0.4, 0.5) is 0 Å². The number of aromatic amines is 1. The summed E-state index contributed by atoms with van der Waals surface area (Å²) >= 11 is 0. The first-order chi connectivity index (χ1) is 11.3. The van der Waals surface area contributed by atoms with Gasteiger partial charge in [0.2, 0.25) is 0 Å². The number of carbonyl (C=O) groups is 1. The third-order valence-electron chi connectivity index (χ3n) is 5.04. The van der Waals surface area contributed by atoms with Gasteiger partial charge in [-0.25, -0.2) is 0 Å². The van der Waals surface area contributed by atoms with Crippen molar-refractivity contribution in [1.29, 1.82) is 0 Å². The van der Waals surface area contributed by atoms with Crippen LogP contribution in [0.2, 0.25) is 0 Å². The number of rotatable bonds is 4. The molecule has 2 aromatic rings. The third kappa shape index (κ3) is 2.50.